The van der Waals surface area contributed by atoms with Gasteiger partial charge in [-0.25, -0.2) is 9.50 Å². The largest absolute Gasteiger partial charge is 0.294 e. The molecule has 21 heavy (non-hydrogen) atoms. The first-order valence-electron chi connectivity index (χ1n) is 7.37. The topological polar surface area (TPSA) is 64.3 Å². The van der Waals surface area contributed by atoms with Crippen LogP contribution in [0.4, 0.5) is 0 Å². The van der Waals surface area contributed by atoms with Crippen molar-refractivity contribution in [1.82, 2.24) is 14.6 Å². The van der Waals surface area contributed by atoms with Crippen molar-refractivity contribution < 1.29 is 9.00 Å². The van der Waals surface area contributed by atoms with Crippen LogP contribution in [0.1, 0.15) is 41.7 Å². The average molecular weight is 303 g/mol. The minimum Gasteiger partial charge on any atom is -0.294 e. The van der Waals surface area contributed by atoms with Crippen LogP contribution in [0.5, 0.6) is 0 Å². The Balaban J connectivity index is 1.62. The van der Waals surface area contributed by atoms with Gasteiger partial charge >= 0.3 is 0 Å². The third-order valence-corrected chi connectivity index (χ3v) is 6.82. The van der Waals surface area contributed by atoms with Gasteiger partial charge in [0.2, 0.25) is 0 Å². The Kier molecular flexibility index (Phi) is 2.96. The molecule has 0 aliphatic carbocycles. The zero-order valence-electron chi connectivity index (χ0n) is 11.9. The van der Waals surface area contributed by atoms with E-state index < -0.39 is 10.8 Å². The van der Waals surface area contributed by atoms with E-state index in [0.29, 0.717) is 5.56 Å². The zero-order chi connectivity index (χ0) is 14.6. The number of hydrogen-bond donors (Lipinski definition) is 0. The Morgan fingerprint density at radius 1 is 1.33 bits per heavy atom. The van der Waals surface area contributed by atoms with Crippen LogP contribution in [0, 0.1) is 12.8 Å². The number of fused-ring (bicyclic) bond motifs is 3. The van der Waals surface area contributed by atoms with E-state index in [1.807, 2.05) is 13.0 Å². The smallest absolute Gasteiger partial charge is 0.169 e. The molecule has 0 aromatic carbocycles. The van der Waals surface area contributed by atoms with E-state index in [1.54, 1.807) is 16.9 Å². The van der Waals surface area contributed by atoms with Crippen molar-refractivity contribution in [3.05, 3.63) is 29.7 Å². The molecule has 2 bridgehead atoms. The van der Waals surface area contributed by atoms with Crippen molar-refractivity contribution >= 4 is 22.2 Å². The van der Waals surface area contributed by atoms with Gasteiger partial charge in [-0.15, -0.1) is 0 Å². The molecule has 2 aromatic rings. The molecule has 2 atom stereocenters. The van der Waals surface area contributed by atoms with Gasteiger partial charge in [0.25, 0.3) is 0 Å². The number of carbonyl (C=O) groups excluding carboxylic acids is 1. The van der Waals surface area contributed by atoms with Gasteiger partial charge in [-0.3, -0.25) is 9.00 Å². The number of Topliss-reactive ketones (excluding diaryl/α,β-unsaturated/α-hetero) is 1. The molecule has 2 fully saturated rings. The number of carbonyl (C=O) groups is 1. The first-order valence-corrected chi connectivity index (χ1v) is 8.65. The zero-order valence-corrected chi connectivity index (χ0v) is 12.7. The molecule has 4 heterocycles. The summed E-state index contributed by atoms with van der Waals surface area (Å²) in [6.07, 6.45) is 6.96. The van der Waals surface area contributed by atoms with E-state index >= 15 is 0 Å². The van der Waals surface area contributed by atoms with Crippen LogP contribution >= 0.6 is 0 Å². The van der Waals surface area contributed by atoms with Crippen molar-refractivity contribution in [2.75, 3.05) is 0 Å². The van der Waals surface area contributed by atoms with Gasteiger partial charge in [-0.1, -0.05) is 0 Å². The minimum absolute atomic E-state index is 0.00360. The predicted molar refractivity (Wildman–Crippen MR) is 79.7 cm³/mol. The fourth-order valence-electron chi connectivity index (χ4n) is 3.60. The lowest BCUT2D eigenvalue weighted by molar-refractivity contribution is 0.0905. The summed E-state index contributed by atoms with van der Waals surface area (Å²) in [5, 5.41) is 4.76. The number of aryl methyl sites for hydroxylation is 1. The van der Waals surface area contributed by atoms with Gasteiger partial charge in [-0.05, 0) is 32.6 Å². The van der Waals surface area contributed by atoms with Gasteiger partial charge in [-0.2, -0.15) is 5.10 Å². The van der Waals surface area contributed by atoms with Gasteiger partial charge in [0.05, 0.1) is 11.3 Å². The molecule has 0 radical (unpaired) electrons. The van der Waals surface area contributed by atoms with E-state index in [4.69, 9.17) is 0 Å². The van der Waals surface area contributed by atoms with E-state index in [9.17, 15) is 9.00 Å². The number of hydrogen-bond acceptors (Lipinski definition) is 4. The van der Waals surface area contributed by atoms with Crippen molar-refractivity contribution in [1.29, 1.82) is 0 Å². The number of ketones is 1. The van der Waals surface area contributed by atoms with E-state index in [-0.39, 0.29) is 22.2 Å². The first-order chi connectivity index (χ1) is 10.1. The Labute approximate surface area is 125 Å². The Bertz CT molecular complexity index is 738. The summed E-state index contributed by atoms with van der Waals surface area (Å²) in [6.45, 7) is 1.91. The monoisotopic (exact) mass is 303 g/mol. The third kappa shape index (κ3) is 2.12. The first kappa shape index (κ1) is 13.1. The van der Waals surface area contributed by atoms with Gasteiger partial charge in [0.1, 0.15) is 0 Å². The molecule has 2 saturated heterocycles. The summed E-state index contributed by atoms with van der Waals surface area (Å²) >= 11 is 0. The van der Waals surface area contributed by atoms with Crippen LogP contribution in [-0.4, -0.2) is 35.1 Å². The molecule has 0 spiro atoms. The molecule has 2 aliphatic heterocycles. The molecule has 6 heteroatoms. The molecule has 0 saturated carbocycles. The minimum atomic E-state index is -0.717. The maximum Gasteiger partial charge on any atom is 0.169 e. The Hall–Kier alpha value is -1.56. The summed E-state index contributed by atoms with van der Waals surface area (Å²) in [5.74, 6) is 0.127. The van der Waals surface area contributed by atoms with Crippen molar-refractivity contribution in [3.8, 4) is 0 Å². The maximum absolute atomic E-state index is 12.7. The molecule has 5 nitrogen and oxygen atoms in total. The molecular weight excluding hydrogens is 286 g/mol. The fraction of sp³-hybridized carbons (Fsp3) is 0.533. The third-order valence-electron chi connectivity index (χ3n) is 4.65. The van der Waals surface area contributed by atoms with Crippen LogP contribution in [0.2, 0.25) is 0 Å². The van der Waals surface area contributed by atoms with Crippen molar-refractivity contribution in [2.45, 2.75) is 43.1 Å². The lowest BCUT2D eigenvalue weighted by Gasteiger charge is -2.26. The summed E-state index contributed by atoms with van der Waals surface area (Å²) in [7, 11) is -0.717. The lowest BCUT2D eigenvalue weighted by Crippen LogP contribution is -2.32. The van der Waals surface area contributed by atoms with Gasteiger partial charge in [0.15, 0.2) is 11.4 Å². The number of aromatic nitrogens is 3. The normalized spacial score (nSPS) is 31.7. The second-order valence-electron chi connectivity index (χ2n) is 6.11. The van der Waals surface area contributed by atoms with Gasteiger partial charge < -0.3 is 0 Å². The molecule has 4 rings (SSSR count). The number of nitrogens with zero attached hydrogens (tertiary/aromatic N) is 3. The SMILES string of the molecule is Cc1cc2ncc(C(=O)C3CC4CCC(C3)S4=O)cn2n1. The highest BCUT2D eigenvalue weighted by atomic mass is 32.2. The Morgan fingerprint density at radius 3 is 2.76 bits per heavy atom. The maximum atomic E-state index is 12.7. The molecular formula is C15H17N3O2S. The molecule has 2 unspecified atom stereocenters. The summed E-state index contributed by atoms with van der Waals surface area (Å²) in [5.41, 5.74) is 2.26. The Morgan fingerprint density at radius 2 is 2.05 bits per heavy atom. The summed E-state index contributed by atoms with van der Waals surface area (Å²) in [4.78, 5) is 17.0. The second-order valence-corrected chi connectivity index (χ2v) is 8.10. The van der Waals surface area contributed by atoms with Gasteiger partial charge in [0, 0.05) is 45.7 Å². The highest BCUT2D eigenvalue weighted by Crippen LogP contribution is 2.39. The van der Waals surface area contributed by atoms with E-state index in [1.165, 1.54) is 0 Å². The van der Waals surface area contributed by atoms with E-state index in [2.05, 4.69) is 10.1 Å². The van der Waals surface area contributed by atoms with Crippen LogP contribution in [-0.2, 0) is 10.8 Å². The standard InChI is InChI=1S/C15H17N3O2S/c1-9-4-14-16-7-11(8-18(14)17-9)15(19)10-5-12-2-3-13(6-10)21(12)20/h4,7-8,10,12-13H,2-3,5-6H2,1H3. The molecule has 110 valence electrons. The van der Waals surface area contributed by atoms with Crippen LogP contribution in [0.3, 0.4) is 0 Å². The quantitative estimate of drug-likeness (QED) is 0.795. The molecule has 0 N–H and O–H groups in total. The number of rotatable bonds is 2. The molecule has 0 amide bonds. The lowest BCUT2D eigenvalue weighted by atomic mass is 9.91. The van der Waals surface area contributed by atoms with Crippen molar-refractivity contribution in [2.24, 2.45) is 5.92 Å². The molecule has 2 aliphatic rings. The average Bonchev–Trinajstić information content (AvgIpc) is 2.91. The second kappa shape index (κ2) is 4.73. The van der Waals surface area contributed by atoms with Crippen LogP contribution in [0.25, 0.3) is 5.65 Å². The fourth-order valence-corrected chi connectivity index (χ4v) is 5.73. The highest BCUT2D eigenvalue weighted by Gasteiger charge is 2.42. The summed E-state index contributed by atoms with van der Waals surface area (Å²) < 4.78 is 13.7. The van der Waals surface area contributed by atoms with E-state index in [0.717, 1.165) is 37.0 Å². The van der Waals surface area contributed by atoms with Crippen LogP contribution in [0.15, 0.2) is 18.5 Å². The van der Waals surface area contributed by atoms with Crippen molar-refractivity contribution in [3.63, 3.8) is 0 Å². The molecule has 2 aromatic heterocycles. The highest BCUT2D eigenvalue weighted by molar-refractivity contribution is 7.86. The van der Waals surface area contributed by atoms with Crippen LogP contribution < -0.4 is 0 Å². The summed E-state index contributed by atoms with van der Waals surface area (Å²) in [6, 6.07) is 1.89. The predicted octanol–water partition coefficient (Wildman–Crippen LogP) is 1.91.